The monoisotopic (exact) mass is 486 g/mol. The summed E-state index contributed by atoms with van der Waals surface area (Å²) in [4.78, 5) is 16.1. The highest BCUT2D eigenvalue weighted by Gasteiger charge is 2.02. The van der Waals surface area contributed by atoms with Crippen LogP contribution in [0.4, 0.5) is 11.4 Å². The van der Waals surface area contributed by atoms with Crippen molar-refractivity contribution in [3.8, 4) is 0 Å². The van der Waals surface area contributed by atoms with Gasteiger partial charge in [0.05, 0.1) is 0 Å². The van der Waals surface area contributed by atoms with Crippen molar-refractivity contribution in [1.29, 1.82) is 0 Å². The zero-order valence-corrected chi connectivity index (χ0v) is 18.0. The molecule has 0 spiro atoms. The van der Waals surface area contributed by atoms with E-state index in [-0.39, 0.29) is 29.9 Å². The fraction of sp³-hybridized carbons (Fsp3) is 0.263. The predicted octanol–water partition coefficient (Wildman–Crippen LogP) is 4.72. The highest BCUT2D eigenvalue weighted by atomic mass is 127. The van der Waals surface area contributed by atoms with Crippen molar-refractivity contribution in [2.75, 3.05) is 17.2 Å². The molecule has 5 nitrogen and oxygen atoms in total. The van der Waals surface area contributed by atoms with E-state index in [1.54, 1.807) is 24.3 Å². The van der Waals surface area contributed by atoms with Gasteiger partial charge in [-0.25, -0.2) is 0 Å². The molecule has 0 atom stereocenters. The number of nitrogens with one attached hydrogen (secondary N) is 2. The van der Waals surface area contributed by atoms with Gasteiger partial charge in [0.1, 0.15) is 0 Å². The molecule has 26 heavy (non-hydrogen) atoms. The molecule has 0 radical (unpaired) electrons. The van der Waals surface area contributed by atoms with Gasteiger partial charge in [-0.05, 0) is 67.8 Å². The minimum Gasteiger partial charge on any atom is -0.370 e. The summed E-state index contributed by atoms with van der Waals surface area (Å²) in [6, 6.07) is 13.0. The summed E-state index contributed by atoms with van der Waals surface area (Å²) in [7, 11) is 0. The Kier molecular flexibility index (Phi) is 9.43. The number of carbonyl (C=O) groups excluding carboxylic acids is 1. The van der Waals surface area contributed by atoms with Gasteiger partial charge in [-0.3, -0.25) is 9.79 Å². The molecule has 0 fully saturated rings. The van der Waals surface area contributed by atoms with E-state index in [9.17, 15) is 4.79 Å². The van der Waals surface area contributed by atoms with Crippen LogP contribution in [0, 0.1) is 13.8 Å². The molecule has 2 aromatic carbocycles. The molecule has 4 N–H and O–H groups in total. The highest BCUT2D eigenvalue weighted by molar-refractivity contribution is 14.0. The maximum Gasteiger partial charge on any atom is 0.224 e. The van der Waals surface area contributed by atoms with Gasteiger partial charge in [-0.2, -0.15) is 0 Å². The van der Waals surface area contributed by atoms with Gasteiger partial charge in [-0.15, -0.1) is 24.0 Å². The molecular formula is C19H24ClIN4O. The number of anilines is 2. The molecule has 0 saturated heterocycles. The van der Waals surface area contributed by atoms with Gasteiger partial charge in [0.25, 0.3) is 0 Å². The number of nitrogens with two attached hydrogens (primary N) is 1. The van der Waals surface area contributed by atoms with Crippen LogP contribution in [0.5, 0.6) is 0 Å². The summed E-state index contributed by atoms with van der Waals surface area (Å²) in [5, 5.41) is 6.51. The zero-order chi connectivity index (χ0) is 18.2. The molecule has 0 bridgehead atoms. The Labute approximate surface area is 176 Å². The van der Waals surface area contributed by atoms with Gasteiger partial charge in [0.2, 0.25) is 5.91 Å². The van der Waals surface area contributed by atoms with Crippen LogP contribution in [-0.4, -0.2) is 18.4 Å². The largest absolute Gasteiger partial charge is 0.370 e. The Morgan fingerprint density at radius 1 is 1.04 bits per heavy atom. The maximum atomic E-state index is 11.9. The van der Waals surface area contributed by atoms with Gasteiger partial charge < -0.3 is 16.4 Å². The van der Waals surface area contributed by atoms with Crippen LogP contribution < -0.4 is 16.4 Å². The van der Waals surface area contributed by atoms with Gasteiger partial charge in [-0.1, -0.05) is 17.7 Å². The first kappa shape index (κ1) is 22.2. The van der Waals surface area contributed by atoms with Crippen molar-refractivity contribution in [1.82, 2.24) is 0 Å². The average Bonchev–Trinajstić information content (AvgIpc) is 2.57. The lowest BCUT2D eigenvalue weighted by Crippen LogP contribution is -2.23. The second-order valence-electron chi connectivity index (χ2n) is 5.85. The van der Waals surface area contributed by atoms with Crippen LogP contribution in [-0.2, 0) is 4.79 Å². The SMILES string of the molecule is Cc1ccc(NC(N)=NCCCC(=O)Nc2ccc(Cl)cc2)cc1C.I. The van der Waals surface area contributed by atoms with Crippen molar-refractivity contribution in [3.63, 3.8) is 0 Å². The number of benzene rings is 2. The van der Waals surface area contributed by atoms with Crippen LogP contribution in [0.3, 0.4) is 0 Å². The summed E-state index contributed by atoms with van der Waals surface area (Å²) in [5.41, 5.74) is 9.93. The fourth-order valence-corrected chi connectivity index (χ4v) is 2.33. The van der Waals surface area contributed by atoms with Crippen molar-refractivity contribution in [2.24, 2.45) is 10.7 Å². The Balaban J connectivity index is 0.00000338. The number of aryl methyl sites for hydroxylation is 2. The summed E-state index contributed by atoms with van der Waals surface area (Å²) >= 11 is 5.81. The van der Waals surface area contributed by atoms with Crippen molar-refractivity contribution in [3.05, 3.63) is 58.6 Å². The predicted molar refractivity (Wildman–Crippen MR) is 121 cm³/mol. The van der Waals surface area contributed by atoms with E-state index >= 15 is 0 Å². The third-order valence-corrected chi connectivity index (χ3v) is 4.00. The number of guanidine groups is 1. The Bertz CT molecular complexity index is 763. The molecule has 0 unspecified atom stereocenters. The Hall–Kier alpha value is -1.80. The maximum absolute atomic E-state index is 11.9. The lowest BCUT2D eigenvalue weighted by molar-refractivity contribution is -0.116. The van der Waals surface area contributed by atoms with Crippen molar-refractivity contribution < 1.29 is 4.79 Å². The molecule has 7 heteroatoms. The summed E-state index contributed by atoms with van der Waals surface area (Å²) in [5.74, 6) is 0.291. The Morgan fingerprint density at radius 3 is 2.35 bits per heavy atom. The minimum atomic E-state index is -0.0572. The number of rotatable bonds is 6. The third kappa shape index (κ3) is 7.61. The molecule has 2 aromatic rings. The first-order chi connectivity index (χ1) is 11.9. The molecule has 1 amide bonds. The number of carbonyl (C=O) groups is 1. The molecule has 0 saturated carbocycles. The van der Waals surface area contributed by atoms with E-state index in [1.165, 1.54) is 11.1 Å². The smallest absolute Gasteiger partial charge is 0.224 e. The molecule has 140 valence electrons. The first-order valence-corrected chi connectivity index (χ1v) is 8.51. The summed E-state index contributed by atoms with van der Waals surface area (Å²) in [6.07, 6.45) is 0.998. The summed E-state index contributed by atoms with van der Waals surface area (Å²) in [6.45, 7) is 4.59. The minimum absolute atomic E-state index is 0. The number of hydrogen-bond donors (Lipinski definition) is 3. The van der Waals surface area contributed by atoms with E-state index < -0.39 is 0 Å². The number of nitrogens with zero attached hydrogens (tertiary/aromatic N) is 1. The van der Waals surface area contributed by atoms with E-state index in [4.69, 9.17) is 17.3 Å². The standard InChI is InChI=1S/C19H23ClN4O.HI/c1-13-5-8-17(12-14(13)2)24-19(21)22-11-3-4-18(25)23-16-9-6-15(20)7-10-16;/h5-10,12H,3-4,11H2,1-2H3,(H,23,25)(H3,21,22,24);1H. The quantitative estimate of drug-likeness (QED) is 0.239. The highest BCUT2D eigenvalue weighted by Crippen LogP contribution is 2.14. The number of amides is 1. The molecule has 0 aliphatic heterocycles. The van der Waals surface area contributed by atoms with E-state index in [2.05, 4.69) is 22.5 Å². The van der Waals surface area contributed by atoms with Crippen LogP contribution in [0.25, 0.3) is 0 Å². The van der Waals surface area contributed by atoms with Crippen LogP contribution in [0.15, 0.2) is 47.5 Å². The zero-order valence-electron chi connectivity index (χ0n) is 14.9. The van der Waals surface area contributed by atoms with Crippen molar-refractivity contribution >= 4 is 58.8 Å². The molecule has 0 aliphatic rings. The van der Waals surface area contributed by atoms with Crippen molar-refractivity contribution in [2.45, 2.75) is 26.7 Å². The average molecular weight is 487 g/mol. The number of hydrogen-bond acceptors (Lipinski definition) is 2. The number of halogens is 2. The second kappa shape index (κ2) is 11.0. The van der Waals surface area contributed by atoms with E-state index in [1.807, 2.05) is 25.1 Å². The van der Waals surface area contributed by atoms with E-state index in [0.717, 1.165) is 11.4 Å². The lowest BCUT2D eigenvalue weighted by atomic mass is 10.1. The van der Waals surface area contributed by atoms with Crippen LogP contribution in [0.2, 0.25) is 5.02 Å². The molecule has 0 aromatic heterocycles. The first-order valence-electron chi connectivity index (χ1n) is 8.13. The second-order valence-corrected chi connectivity index (χ2v) is 6.29. The molecule has 0 aliphatic carbocycles. The lowest BCUT2D eigenvalue weighted by Gasteiger charge is -2.08. The number of aliphatic imine (C=N–C) groups is 1. The molecular weight excluding hydrogens is 463 g/mol. The Morgan fingerprint density at radius 2 is 1.69 bits per heavy atom. The molecule has 2 rings (SSSR count). The topological polar surface area (TPSA) is 79.5 Å². The summed E-state index contributed by atoms with van der Waals surface area (Å²) < 4.78 is 0. The van der Waals surface area contributed by atoms with Gasteiger partial charge in [0, 0.05) is 29.4 Å². The molecule has 0 heterocycles. The fourth-order valence-electron chi connectivity index (χ4n) is 2.20. The van der Waals surface area contributed by atoms with Gasteiger partial charge >= 0.3 is 0 Å². The van der Waals surface area contributed by atoms with Crippen LogP contribution >= 0.6 is 35.6 Å². The third-order valence-electron chi connectivity index (χ3n) is 3.75. The van der Waals surface area contributed by atoms with E-state index in [0.29, 0.717) is 30.4 Å². The van der Waals surface area contributed by atoms with Gasteiger partial charge in [0.15, 0.2) is 5.96 Å². The van der Waals surface area contributed by atoms with Crippen LogP contribution in [0.1, 0.15) is 24.0 Å². The normalized spacial score (nSPS) is 10.8.